The number of alkyl halides is 3. The van der Waals surface area contributed by atoms with Gasteiger partial charge in [0.05, 0.1) is 31.0 Å². The van der Waals surface area contributed by atoms with Crippen LogP contribution in [0.25, 0.3) is 11.1 Å². The van der Waals surface area contributed by atoms with E-state index in [1.807, 2.05) is 20.8 Å². The molecule has 0 saturated carbocycles. The minimum atomic E-state index is -4.60. The Morgan fingerprint density at radius 2 is 1.74 bits per heavy atom. The number of nitrogens with zero attached hydrogens (tertiary/aromatic N) is 1. The van der Waals surface area contributed by atoms with Crippen molar-refractivity contribution in [2.45, 2.75) is 45.0 Å². The lowest BCUT2D eigenvalue weighted by molar-refractivity contribution is -0.153. The zero-order chi connectivity index (χ0) is 31.2. The molecule has 0 fully saturated rings. The van der Waals surface area contributed by atoms with Gasteiger partial charge in [-0.25, -0.2) is 4.79 Å². The highest BCUT2D eigenvalue weighted by Crippen LogP contribution is 2.38. The largest absolute Gasteiger partial charge is 0.495 e. The van der Waals surface area contributed by atoms with Crippen molar-refractivity contribution >= 4 is 39.8 Å². The highest BCUT2D eigenvalue weighted by atomic mass is 35.5. The van der Waals surface area contributed by atoms with Crippen LogP contribution in [-0.2, 0) is 14.3 Å². The maximum Gasteiger partial charge on any atom is 0.422 e. The number of anilines is 1. The average molecular weight is 631 g/mol. The molecule has 0 aliphatic rings. The number of halogens is 4. The van der Waals surface area contributed by atoms with Crippen LogP contribution < -0.4 is 20.3 Å². The third-order valence-electron chi connectivity index (χ3n) is 5.69. The number of rotatable bonds is 11. The van der Waals surface area contributed by atoms with Crippen LogP contribution in [-0.4, -0.2) is 55.7 Å². The molecule has 2 aromatic heterocycles. The molecule has 1 aromatic carbocycles. The molecule has 0 aliphatic heterocycles. The lowest BCUT2D eigenvalue weighted by Crippen LogP contribution is -2.34. The van der Waals surface area contributed by atoms with E-state index >= 15 is 0 Å². The minimum Gasteiger partial charge on any atom is -0.495 e. The molecular formula is C28H30ClF3N2O7S. The van der Waals surface area contributed by atoms with Gasteiger partial charge in [-0.15, -0.1) is 11.3 Å². The van der Waals surface area contributed by atoms with Crippen molar-refractivity contribution in [3.63, 3.8) is 0 Å². The molecule has 1 unspecified atom stereocenters. The van der Waals surface area contributed by atoms with E-state index in [4.69, 9.17) is 30.5 Å². The molecule has 0 spiro atoms. The first-order chi connectivity index (χ1) is 19.6. The Morgan fingerprint density at radius 1 is 1.05 bits per heavy atom. The Kier molecular flexibility index (Phi) is 10.7. The van der Waals surface area contributed by atoms with E-state index in [1.165, 1.54) is 50.7 Å². The molecule has 3 aromatic rings. The van der Waals surface area contributed by atoms with Gasteiger partial charge >= 0.3 is 12.1 Å². The summed E-state index contributed by atoms with van der Waals surface area (Å²) in [6.07, 6.45) is -3.22. The number of esters is 1. The van der Waals surface area contributed by atoms with E-state index in [2.05, 4.69) is 5.32 Å². The highest BCUT2D eigenvalue weighted by molar-refractivity contribution is 7.18. The molecule has 3 rings (SSSR count). The molecule has 0 aliphatic carbocycles. The highest BCUT2D eigenvalue weighted by Gasteiger charge is 2.30. The van der Waals surface area contributed by atoms with Gasteiger partial charge in [-0.1, -0.05) is 11.6 Å². The average Bonchev–Trinajstić information content (AvgIpc) is 3.37. The summed E-state index contributed by atoms with van der Waals surface area (Å²) >= 11 is 7.12. The Hall–Kier alpha value is -3.55. The summed E-state index contributed by atoms with van der Waals surface area (Å²) in [7, 11) is 2.55. The van der Waals surface area contributed by atoms with Crippen LogP contribution in [0.2, 0.25) is 5.02 Å². The molecular weight excluding hydrogens is 601 g/mol. The lowest BCUT2D eigenvalue weighted by atomic mass is 10.0. The van der Waals surface area contributed by atoms with Crippen LogP contribution in [0.5, 0.6) is 11.5 Å². The van der Waals surface area contributed by atoms with Crippen LogP contribution in [0.15, 0.2) is 47.4 Å². The summed E-state index contributed by atoms with van der Waals surface area (Å²) in [4.78, 5) is 39.0. The third kappa shape index (κ3) is 8.97. The fourth-order valence-corrected chi connectivity index (χ4v) is 4.84. The van der Waals surface area contributed by atoms with Crippen molar-refractivity contribution in [2.24, 2.45) is 0 Å². The molecule has 228 valence electrons. The molecule has 0 saturated heterocycles. The van der Waals surface area contributed by atoms with Crippen LogP contribution in [0.4, 0.5) is 18.2 Å². The van der Waals surface area contributed by atoms with E-state index in [0.717, 1.165) is 22.0 Å². The first-order valence-electron chi connectivity index (χ1n) is 12.5. The van der Waals surface area contributed by atoms with Gasteiger partial charge < -0.3 is 24.3 Å². The second-order valence-corrected chi connectivity index (χ2v) is 11.5. The Balaban J connectivity index is 2.03. The van der Waals surface area contributed by atoms with Crippen LogP contribution >= 0.6 is 22.9 Å². The van der Waals surface area contributed by atoms with E-state index in [0.29, 0.717) is 5.00 Å². The number of hydrogen-bond donors (Lipinski definition) is 1. The van der Waals surface area contributed by atoms with Crippen molar-refractivity contribution < 1.29 is 41.7 Å². The number of benzene rings is 1. The molecule has 42 heavy (non-hydrogen) atoms. The number of pyridine rings is 1. The molecule has 0 radical (unpaired) electrons. The number of thiophene rings is 1. The first kappa shape index (κ1) is 33.0. The summed E-state index contributed by atoms with van der Waals surface area (Å²) < 4.78 is 60.7. The van der Waals surface area contributed by atoms with Crippen molar-refractivity contribution in [3.8, 4) is 22.6 Å². The van der Waals surface area contributed by atoms with Crippen LogP contribution in [0.1, 0.15) is 42.9 Å². The SMILES string of the molecule is COC(=O)c1ccc(NC(=O)C(CCOC(C)(C)C)n2cc(OC)c(-c3cc(Cl)ccc3OCC(F)(F)F)cc2=O)s1. The Labute approximate surface area is 249 Å². The Bertz CT molecular complexity index is 1480. The summed E-state index contributed by atoms with van der Waals surface area (Å²) in [6, 6.07) is 7.05. The second-order valence-electron chi connectivity index (χ2n) is 9.96. The fraction of sp³-hybridized carbons (Fsp3) is 0.393. The quantitative estimate of drug-likeness (QED) is 0.246. The van der Waals surface area contributed by atoms with Crippen molar-refractivity contribution in [2.75, 3.05) is 32.8 Å². The maximum absolute atomic E-state index is 13.5. The van der Waals surface area contributed by atoms with Gasteiger partial charge in [0.25, 0.3) is 5.56 Å². The van der Waals surface area contributed by atoms with Gasteiger partial charge in [0.1, 0.15) is 22.4 Å². The van der Waals surface area contributed by atoms with Gasteiger partial charge in [-0.05, 0) is 51.1 Å². The molecule has 1 N–H and O–H groups in total. The summed E-state index contributed by atoms with van der Waals surface area (Å²) in [6.45, 7) is 4.08. The second kappa shape index (κ2) is 13.6. The smallest absolute Gasteiger partial charge is 0.422 e. The summed E-state index contributed by atoms with van der Waals surface area (Å²) in [5, 5.41) is 3.26. The molecule has 14 heteroatoms. The number of aromatic nitrogens is 1. The number of methoxy groups -OCH3 is 2. The molecule has 1 atom stereocenters. The van der Waals surface area contributed by atoms with E-state index < -0.39 is 41.9 Å². The van der Waals surface area contributed by atoms with Crippen LogP contribution in [0, 0.1) is 0 Å². The van der Waals surface area contributed by atoms with Gasteiger partial charge in [0.2, 0.25) is 5.91 Å². The van der Waals surface area contributed by atoms with Gasteiger partial charge in [0, 0.05) is 35.2 Å². The summed E-state index contributed by atoms with van der Waals surface area (Å²) in [5.74, 6) is -1.22. The Morgan fingerprint density at radius 3 is 2.36 bits per heavy atom. The zero-order valence-electron chi connectivity index (χ0n) is 23.5. The standard InChI is InChI=1S/C28H30ClF3N2O7S/c1-27(2,3)41-11-10-19(25(36)33-23-9-8-22(42-23)26(37)39-5)34-14-21(38-4)18(13-24(34)35)17-12-16(29)6-7-20(17)40-15-28(30,31)32/h6-9,12-14,19H,10-11,15H2,1-5H3,(H,33,36). The lowest BCUT2D eigenvalue weighted by Gasteiger charge is -2.24. The number of amides is 1. The van der Waals surface area contributed by atoms with E-state index in [9.17, 15) is 27.6 Å². The molecule has 1 amide bonds. The normalized spacial score (nSPS) is 12.5. The number of hydrogen-bond acceptors (Lipinski definition) is 8. The number of nitrogens with one attached hydrogen (secondary N) is 1. The van der Waals surface area contributed by atoms with Crippen molar-refractivity contribution in [1.29, 1.82) is 0 Å². The van der Waals surface area contributed by atoms with Crippen molar-refractivity contribution in [3.05, 3.63) is 62.8 Å². The number of carbonyl (C=O) groups excluding carboxylic acids is 2. The number of carbonyl (C=O) groups is 2. The molecule has 9 nitrogen and oxygen atoms in total. The molecule has 2 heterocycles. The third-order valence-corrected chi connectivity index (χ3v) is 6.91. The first-order valence-corrected chi connectivity index (χ1v) is 13.7. The topological polar surface area (TPSA) is 105 Å². The van der Waals surface area contributed by atoms with Gasteiger partial charge in [-0.2, -0.15) is 13.2 Å². The van der Waals surface area contributed by atoms with Crippen molar-refractivity contribution in [1.82, 2.24) is 4.57 Å². The summed E-state index contributed by atoms with van der Waals surface area (Å²) in [5.41, 5.74) is -0.955. The molecule has 0 bridgehead atoms. The van der Waals surface area contributed by atoms with Crippen LogP contribution in [0.3, 0.4) is 0 Å². The predicted octanol–water partition coefficient (Wildman–Crippen LogP) is 6.35. The van der Waals surface area contributed by atoms with Gasteiger partial charge in [0.15, 0.2) is 6.61 Å². The fourth-order valence-electron chi connectivity index (χ4n) is 3.84. The minimum absolute atomic E-state index is 0.0763. The van der Waals surface area contributed by atoms with Gasteiger partial charge in [-0.3, -0.25) is 14.2 Å². The maximum atomic E-state index is 13.5. The monoisotopic (exact) mass is 630 g/mol. The number of ether oxygens (including phenoxy) is 4. The van der Waals surface area contributed by atoms with E-state index in [1.54, 1.807) is 0 Å². The predicted molar refractivity (Wildman–Crippen MR) is 153 cm³/mol. The zero-order valence-corrected chi connectivity index (χ0v) is 25.0. The van der Waals surface area contributed by atoms with E-state index in [-0.39, 0.29) is 45.6 Å².